The third-order valence-electron chi connectivity index (χ3n) is 3.22. The lowest BCUT2D eigenvalue weighted by molar-refractivity contribution is -0.131. The minimum atomic E-state index is -1.07. The first-order valence-electron chi connectivity index (χ1n) is 6.67. The van der Waals surface area contributed by atoms with Crippen molar-refractivity contribution >= 4 is 18.0 Å². The first kappa shape index (κ1) is 15.1. The molecule has 0 saturated carbocycles. The van der Waals surface area contributed by atoms with Crippen LogP contribution in [0.5, 0.6) is 0 Å². The van der Waals surface area contributed by atoms with Gasteiger partial charge in [0.2, 0.25) is 0 Å². The van der Waals surface area contributed by atoms with Gasteiger partial charge < -0.3 is 10.0 Å². The molecular formula is C14H18N4O3. The monoisotopic (exact) mass is 290 g/mol. The topological polar surface area (TPSA) is 85.8 Å². The summed E-state index contributed by atoms with van der Waals surface area (Å²) >= 11 is 0. The highest BCUT2D eigenvalue weighted by atomic mass is 16.4. The summed E-state index contributed by atoms with van der Waals surface area (Å²) in [4.78, 5) is 29.1. The lowest BCUT2D eigenvalue weighted by Gasteiger charge is -2.32. The van der Waals surface area contributed by atoms with Gasteiger partial charge in [-0.3, -0.25) is 15.2 Å². The number of piperazine rings is 1. The molecule has 1 aromatic heterocycles. The van der Waals surface area contributed by atoms with Crippen LogP contribution in [0.2, 0.25) is 0 Å². The van der Waals surface area contributed by atoms with Crippen LogP contribution in [-0.4, -0.2) is 65.1 Å². The Morgan fingerprint density at radius 3 is 2.71 bits per heavy atom. The number of hydrazine groups is 1. The predicted molar refractivity (Wildman–Crippen MR) is 77.4 cm³/mol. The lowest BCUT2D eigenvalue weighted by atomic mass is 10.1. The second kappa shape index (κ2) is 6.96. The van der Waals surface area contributed by atoms with Crippen LogP contribution in [0.1, 0.15) is 16.1 Å². The number of carbonyl (C=O) groups is 2. The molecule has 21 heavy (non-hydrogen) atoms. The summed E-state index contributed by atoms with van der Waals surface area (Å²) in [7, 11) is 2.03. The molecule has 1 amide bonds. The molecule has 2 heterocycles. The fourth-order valence-electron chi connectivity index (χ4n) is 2.02. The second-order valence-electron chi connectivity index (χ2n) is 4.84. The Kier molecular flexibility index (Phi) is 5.02. The molecule has 1 fully saturated rings. The van der Waals surface area contributed by atoms with Gasteiger partial charge in [0.15, 0.2) is 0 Å². The standard InChI is InChI=1S/C14H18N4O3/c1-17-7-9-18(10-8-17)16-14(21)13-11(3-2-6-15-13)4-5-12(19)20/h2-6H,7-10H2,1H3,(H,16,21)(H,19,20)/b5-4+. The van der Waals surface area contributed by atoms with Crippen molar-refractivity contribution < 1.29 is 14.7 Å². The summed E-state index contributed by atoms with van der Waals surface area (Å²) in [6, 6.07) is 3.32. The van der Waals surface area contributed by atoms with Gasteiger partial charge in [0.05, 0.1) is 0 Å². The summed E-state index contributed by atoms with van der Waals surface area (Å²) in [6.07, 6.45) is 3.87. The fraction of sp³-hybridized carbons (Fsp3) is 0.357. The van der Waals surface area contributed by atoms with Gasteiger partial charge in [0.1, 0.15) is 5.69 Å². The average molecular weight is 290 g/mol. The Bertz CT molecular complexity index is 551. The molecule has 0 aromatic carbocycles. The Morgan fingerprint density at radius 1 is 1.33 bits per heavy atom. The normalized spacial score (nSPS) is 17.0. The molecular weight excluding hydrogens is 272 g/mol. The van der Waals surface area contributed by atoms with Crippen LogP contribution in [0.4, 0.5) is 0 Å². The average Bonchev–Trinajstić information content (AvgIpc) is 2.47. The van der Waals surface area contributed by atoms with E-state index in [-0.39, 0.29) is 11.6 Å². The van der Waals surface area contributed by atoms with Crippen molar-refractivity contribution in [2.45, 2.75) is 0 Å². The number of aliphatic carboxylic acids is 1. The number of carboxylic acid groups (broad SMARTS) is 1. The van der Waals surface area contributed by atoms with Crippen LogP contribution in [0.3, 0.4) is 0 Å². The van der Waals surface area contributed by atoms with Crippen molar-refractivity contribution in [3.05, 3.63) is 35.7 Å². The second-order valence-corrected chi connectivity index (χ2v) is 4.84. The molecule has 0 radical (unpaired) electrons. The van der Waals surface area contributed by atoms with E-state index < -0.39 is 5.97 Å². The van der Waals surface area contributed by atoms with Crippen LogP contribution < -0.4 is 5.43 Å². The summed E-state index contributed by atoms with van der Waals surface area (Å²) in [5.74, 6) is -1.39. The lowest BCUT2D eigenvalue weighted by Crippen LogP contribution is -2.52. The molecule has 1 saturated heterocycles. The molecule has 0 aliphatic carbocycles. The van der Waals surface area contributed by atoms with Gasteiger partial charge in [-0.2, -0.15) is 0 Å². The molecule has 2 rings (SSSR count). The number of hydrogen-bond acceptors (Lipinski definition) is 5. The van der Waals surface area contributed by atoms with E-state index in [9.17, 15) is 9.59 Å². The van der Waals surface area contributed by atoms with E-state index in [0.29, 0.717) is 5.56 Å². The molecule has 1 aliphatic rings. The van der Waals surface area contributed by atoms with Gasteiger partial charge in [0, 0.05) is 44.0 Å². The summed E-state index contributed by atoms with van der Waals surface area (Å²) in [6.45, 7) is 3.26. The van der Waals surface area contributed by atoms with Crippen molar-refractivity contribution in [1.82, 2.24) is 20.3 Å². The van der Waals surface area contributed by atoms with E-state index in [1.807, 2.05) is 12.1 Å². The van der Waals surface area contributed by atoms with Crippen molar-refractivity contribution in [2.75, 3.05) is 33.2 Å². The maximum atomic E-state index is 12.2. The van der Waals surface area contributed by atoms with Crippen LogP contribution in [0, 0.1) is 0 Å². The summed E-state index contributed by atoms with van der Waals surface area (Å²) < 4.78 is 0. The first-order chi connectivity index (χ1) is 10.1. The van der Waals surface area contributed by atoms with Crippen LogP contribution in [0.15, 0.2) is 24.4 Å². The zero-order valence-electron chi connectivity index (χ0n) is 11.8. The van der Waals surface area contributed by atoms with Crippen molar-refractivity contribution in [2.24, 2.45) is 0 Å². The largest absolute Gasteiger partial charge is 0.478 e. The highest BCUT2D eigenvalue weighted by Gasteiger charge is 2.18. The SMILES string of the molecule is CN1CCN(NC(=O)c2ncccc2/C=C/C(=O)O)CC1. The zero-order valence-corrected chi connectivity index (χ0v) is 11.8. The molecule has 0 unspecified atom stereocenters. The predicted octanol–water partition coefficient (Wildman–Crippen LogP) is 0.0716. The van der Waals surface area contributed by atoms with Crippen LogP contribution >= 0.6 is 0 Å². The van der Waals surface area contributed by atoms with Gasteiger partial charge in [-0.25, -0.2) is 9.80 Å². The van der Waals surface area contributed by atoms with Gasteiger partial charge in [-0.15, -0.1) is 0 Å². The Hall–Kier alpha value is -2.25. The van der Waals surface area contributed by atoms with E-state index in [0.717, 1.165) is 32.3 Å². The third kappa shape index (κ3) is 4.37. The number of carbonyl (C=O) groups excluding carboxylic acids is 1. The molecule has 1 aliphatic heterocycles. The van der Waals surface area contributed by atoms with Crippen molar-refractivity contribution in [1.29, 1.82) is 0 Å². The quantitative estimate of drug-likeness (QED) is 0.763. The van der Waals surface area contributed by atoms with Crippen LogP contribution in [0.25, 0.3) is 6.08 Å². The number of nitrogens with zero attached hydrogens (tertiary/aromatic N) is 3. The number of hydrogen-bond donors (Lipinski definition) is 2. The van der Waals surface area contributed by atoms with Gasteiger partial charge in [-0.1, -0.05) is 6.07 Å². The van der Waals surface area contributed by atoms with Gasteiger partial charge in [-0.05, 0) is 19.2 Å². The number of amides is 1. The Balaban J connectivity index is 2.07. The van der Waals surface area contributed by atoms with E-state index in [1.54, 1.807) is 12.1 Å². The molecule has 0 atom stereocenters. The van der Waals surface area contributed by atoms with Crippen molar-refractivity contribution in [3.8, 4) is 0 Å². The smallest absolute Gasteiger partial charge is 0.328 e. The van der Waals surface area contributed by atoms with Gasteiger partial charge in [0.25, 0.3) is 5.91 Å². The number of rotatable bonds is 4. The third-order valence-corrected chi connectivity index (χ3v) is 3.22. The number of pyridine rings is 1. The van der Waals surface area contributed by atoms with E-state index in [4.69, 9.17) is 5.11 Å². The number of likely N-dealkylation sites (N-methyl/N-ethyl adjacent to an activating group) is 1. The fourth-order valence-corrected chi connectivity index (χ4v) is 2.02. The Morgan fingerprint density at radius 2 is 2.05 bits per heavy atom. The van der Waals surface area contributed by atoms with Gasteiger partial charge >= 0.3 is 5.97 Å². The molecule has 7 nitrogen and oxygen atoms in total. The first-order valence-corrected chi connectivity index (χ1v) is 6.67. The zero-order chi connectivity index (χ0) is 15.2. The van der Waals surface area contributed by atoms with E-state index in [1.165, 1.54) is 12.3 Å². The number of aromatic nitrogens is 1. The maximum absolute atomic E-state index is 12.2. The van der Waals surface area contributed by atoms with Crippen LogP contribution in [-0.2, 0) is 4.79 Å². The molecule has 7 heteroatoms. The molecule has 112 valence electrons. The van der Waals surface area contributed by atoms with Crippen molar-refractivity contribution in [3.63, 3.8) is 0 Å². The molecule has 0 bridgehead atoms. The van der Waals surface area contributed by atoms with E-state index in [2.05, 4.69) is 15.3 Å². The Labute approximate surface area is 122 Å². The highest BCUT2D eigenvalue weighted by molar-refractivity contribution is 5.96. The molecule has 2 N–H and O–H groups in total. The maximum Gasteiger partial charge on any atom is 0.328 e. The number of carboxylic acids is 1. The van der Waals surface area contributed by atoms with E-state index >= 15 is 0 Å². The number of nitrogens with one attached hydrogen (secondary N) is 1. The summed E-state index contributed by atoms with van der Waals surface area (Å²) in [5.41, 5.74) is 3.50. The minimum absolute atomic E-state index is 0.217. The highest BCUT2D eigenvalue weighted by Crippen LogP contribution is 2.08. The molecule has 0 spiro atoms. The minimum Gasteiger partial charge on any atom is -0.478 e. The molecule has 1 aromatic rings. The summed E-state index contributed by atoms with van der Waals surface area (Å²) in [5, 5.41) is 10.5.